The van der Waals surface area contributed by atoms with Crippen LogP contribution >= 0.6 is 0 Å². The molecule has 0 radical (unpaired) electrons. The third-order valence-corrected chi connectivity index (χ3v) is 6.82. The maximum Gasteiger partial charge on any atom is 0.343 e. The first-order valence-corrected chi connectivity index (χ1v) is 14.8. The molecule has 37 heavy (non-hydrogen) atoms. The Labute approximate surface area is 226 Å². The SMILES string of the molecule is CCCCCCCCC(CCC)Oc1ccccc1OC(=O)c1ccc(C(C)OCCCCCC)cc1. The second-order valence-electron chi connectivity index (χ2n) is 10.1. The molecule has 0 N–H and O–H groups in total. The summed E-state index contributed by atoms with van der Waals surface area (Å²) in [7, 11) is 0. The molecule has 2 unspecified atom stereocenters. The number of carbonyl (C=O) groups is 1. The van der Waals surface area contributed by atoms with Crippen LogP contribution in [0.5, 0.6) is 11.5 Å². The Morgan fingerprint density at radius 2 is 1.32 bits per heavy atom. The number of esters is 1. The van der Waals surface area contributed by atoms with Crippen LogP contribution in [0.15, 0.2) is 48.5 Å². The lowest BCUT2D eigenvalue weighted by Gasteiger charge is -2.20. The third kappa shape index (κ3) is 12.2. The van der Waals surface area contributed by atoms with E-state index in [9.17, 15) is 4.79 Å². The average molecular weight is 511 g/mol. The standard InChI is InChI=1S/C33H50O4/c1-5-8-10-12-13-14-19-30(18-7-3)36-31-20-15-16-21-32(31)37-33(34)29-24-22-28(23-25-29)27(4)35-26-17-11-9-6-2/h15-16,20-25,27,30H,5-14,17-19,26H2,1-4H3. The molecule has 2 aromatic carbocycles. The quantitative estimate of drug-likeness (QED) is 0.101. The Balaban J connectivity index is 1.91. The van der Waals surface area contributed by atoms with Crippen molar-refractivity contribution in [1.82, 2.24) is 0 Å². The van der Waals surface area contributed by atoms with E-state index < -0.39 is 0 Å². The Hall–Kier alpha value is -2.33. The van der Waals surface area contributed by atoms with Gasteiger partial charge in [-0.25, -0.2) is 4.79 Å². The van der Waals surface area contributed by atoms with Gasteiger partial charge in [-0.3, -0.25) is 0 Å². The molecule has 0 aliphatic rings. The highest BCUT2D eigenvalue weighted by atomic mass is 16.6. The average Bonchev–Trinajstić information content (AvgIpc) is 2.91. The molecule has 4 nitrogen and oxygen atoms in total. The van der Waals surface area contributed by atoms with Gasteiger partial charge in [-0.1, -0.05) is 103 Å². The maximum atomic E-state index is 12.9. The van der Waals surface area contributed by atoms with Crippen molar-refractivity contribution in [1.29, 1.82) is 0 Å². The smallest absolute Gasteiger partial charge is 0.343 e. The highest BCUT2D eigenvalue weighted by molar-refractivity contribution is 5.91. The number of para-hydroxylation sites is 2. The Kier molecular flexibility index (Phi) is 15.7. The summed E-state index contributed by atoms with van der Waals surface area (Å²) >= 11 is 0. The van der Waals surface area contributed by atoms with Crippen LogP contribution < -0.4 is 9.47 Å². The minimum absolute atomic E-state index is 0.00275. The first-order valence-electron chi connectivity index (χ1n) is 14.8. The Bertz CT molecular complexity index is 861. The monoisotopic (exact) mass is 510 g/mol. The summed E-state index contributed by atoms with van der Waals surface area (Å²) in [6.45, 7) is 9.46. The lowest BCUT2D eigenvalue weighted by Crippen LogP contribution is -2.17. The van der Waals surface area contributed by atoms with Crippen molar-refractivity contribution in [3.63, 3.8) is 0 Å². The van der Waals surface area contributed by atoms with Crippen molar-refractivity contribution < 1.29 is 19.0 Å². The van der Waals surface area contributed by atoms with Crippen molar-refractivity contribution in [2.24, 2.45) is 0 Å². The Morgan fingerprint density at radius 1 is 0.703 bits per heavy atom. The van der Waals surface area contributed by atoms with Crippen LogP contribution in [0.1, 0.15) is 133 Å². The topological polar surface area (TPSA) is 44.8 Å². The van der Waals surface area contributed by atoms with E-state index in [4.69, 9.17) is 14.2 Å². The van der Waals surface area contributed by atoms with Crippen molar-refractivity contribution in [2.45, 2.75) is 123 Å². The zero-order valence-corrected chi connectivity index (χ0v) is 23.8. The largest absolute Gasteiger partial charge is 0.487 e. The first kappa shape index (κ1) is 30.9. The van der Waals surface area contributed by atoms with Gasteiger partial charge in [-0.2, -0.15) is 0 Å². The molecule has 0 saturated heterocycles. The van der Waals surface area contributed by atoms with Gasteiger partial charge in [-0.05, 0) is 62.4 Å². The summed E-state index contributed by atoms with van der Waals surface area (Å²) in [6, 6.07) is 15.0. The van der Waals surface area contributed by atoms with E-state index in [0.29, 0.717) is 17.1 Å². The first-order chi connectivity index (χ1) is 18.1. The van der Waals surface area contributed by atoms with E-state index in [-0.39, 0.29) is 18.2 Å². The van der Waals surface area contributed by atoms with Gasteiger partial charge < -0.3 is 14.2 Å². The van der Waals surface area contributed by atoms with Crippen LogP contribution in [0.4, 0.5) is 0 Å². The molecule has 2 aromatic rings. The number of unbranched alkanes of at least 4 members (excludes halogenated alkanes) is 8. The molecule has 0 fully saturated rings. The highest BCUT2D eigenvalue weighted by Crippen LogP contribution is 2.30. The normalized spacial score (nSPS) is 12.8. The van der Waals surface area contributed by atoms with Crippen LogP contribution in [-0.2, 0) is 4.74 Å². The van der Waals surface area contributed by atoms with E-state index in [0.717, 1.165) is 37.9 Å². The minimum atomic E-state index is -0.376. The van der Waals surface area contributed by atoms with E-state index in [1.165, 1.54) is 57.8 Å². The molecular weight excluding hydrogens is 460 g/mol. The summed E-state index contributed by atoms with van der Waals surface area (Å²) in [4.78, 5) is 12.9. The molecule has 0 aliphatic carbocycles. The van der Waals surface area contributed by atoms with Gasteiger partial charge in [0.15, 0.2) is 11.5 Å². The molecule has 2 rings (SSSR count). The molecule has 2 atom stereocenters. The van der Waals surface area contributed by atoms with E-state index in [2.05, 4.69) is 27.7 Å². The molecule has 0 spiro atoms. The van der Waals surface area contributed by atoms with Crippen LogP contribution in [-0.4, -0.2) is 18.7 Å². The molecule has 0 saturated carbocycles. The fourth-order valence-corrected chi connectivity index (χ4v) is 4.48. The second kappa shape index (κ2) is 18.8. The zero-order valence-electron chi connectivity index (χ0n) is 23.8. The minimum Gasteiger partial charge on any atom is -0.487 e. The van der Waals surface area contributed by atoms with Crippen molar-refractivity contribution in [3.05, 3.63) is 59.7 Å². The fourth-order valence-electron chi connectivity index (χ4n) is 4.48. The lowest BCUT2D eigenvalue weighted by molar-refractivity contribution is 0.0626. The highest BCUT2D eigenvalue weighted by Gasteiger charge is 2.17. The number of rotatable bonds is 20. The van der Waals surface area contributed by atoms with Crippen molar-refractivity contribution in [3.8, 4) is 11.5 Å². The molecule has 4 heteroatoms. The fraction of sp³-hybridized carbons (Fsp3) is 0.606. The number of hydrogen-bond donors (Lipinski definition) is 0. The van der Waals surface area contributed by atoms with Crippen LogP contribution in [0, 0.1) is 0 Å². The van der Waals surface area contributed by atoms with Gasteiger partial charge >= 0.3 is 5.97 Å². The molecule has 0 bridgehead atoms. The van der Waals surface area contributed by atoms with E-state index >= 15 is 0 Å². The van der Waals surface area contributed by atoms with Gasteiger partial charge in [0, 0.05) is 6.61 Å². The zero-order chi connectivity index (χ0) is 26.7. The second-order valence-corrected chi connectivity index (χ2v) is 10.1. The maximum absolute atomic E-state index is 12.9. The summed E-state index contributed by atoms with van der Waals surface area (Å²) in [5, 5.41) is 0. The number of benzene rings is 2. The predicted molar refractivity (Wildman–Crippen MR) is 154 cm³/mol. The van der Waals surface area contributed by atoms with Gasteiger partial charge in [0.1, 0.15) is 0 Å². The molecule has 0 aromatic heterocycles. The summed E-state index contributed by atoms with van der Waals surface area (Å²) in [6.07, 6.45) is 15.6. The van der Waals surface area contributed by atoms with E-state index in [1.807, 2.05) is 48.5 Å². The number of carbonyl (C=O) groups excluding carboxylic acids is 1. The van der Waals surface area contributed by atoms with Crippen LogP contribution in [0.25, 0.3) is 0 Å². The molecule has 206 valence electrons. The van der Waals surface area contributed by atoms with Crippen molar-refractivity contribution >= 4 is 5.97 Å². The van der Waals surface area contributed by atoms with Gasteiger partial charge in [0.05, 0.1) is 17.8 Å². The lowest BCUT2D eigenvalue weighted by atomic mass is 10.0. The molecule has 0 heterocycles. The molecular formula is C33H50O4. The summed E-state index contributed by atoms with van der Waals surface area (Å²) in [5.41, 5.74) is 1.58. The molecule has 0 aliphatic heterocycles. The number of ether oxygens (including phenoxy) is 3. The van der Waals surface area contributed by atoms with E-state index in [1.54, 1.807) is 0 Å². The Morgan fingerprint density at radius 3 is 2.00 bits per heavy atom. The van der Waals surface area contributed by atoms with Crippen molar-refractivity contribution in [2.75, 3.05) is 6.61 Å². The van der Waals surface area contributed by atoms with Gasteiger partial charge in [0.2, 0.25) is 0 Å². The molecule has 0 amide bonds. The summed E-state index contributed by atoms with van der Waals surface area (Å²) in [5.74, 6) is 0.741. The van der Waals surface area contributed by atoms with Gasteiger partial charge in [0.25, 0.3) is 0 Å². The predicted octanol–water partition coefficient (Wildman–Crippen LogP) is 9.86. The summed E-state index contributed by atoms with van der Waals surface area (Å²) < 4.78 is 18.1. The number of hydrogen-bond acceptors (Lipinski definition) is 4. The third-order valence-electron chi connectivity index (χ3n) is 6.82. The van der Waals surface area contributed by atoms with Crippen LogP contribution in [0.3, 0.4) is 0 Å². The van der Waals surface area contributed by atoms with Gasteiger partial charge in [-0.15, -0.1) is 0 Å². The van der Waals surface area contributed by atoms with Crippen LogP contribution in [0.2, 0.25) is 0 Å².